The van der Waals surface area contributed by atoms with E-state index in [1.807, 2.05) is 0 Å². The van der Waals surface area contributed by atoms with Gasteiger partial charge in [0.05, 0.1) is 10.1 Å². The van der Waals surface area contributed by atoms with Crippen LogP contribution in [0.1, 0.15) is 12.8 Å². The maximum atomic E-state index is 11.2. The second-order valence-corrected chi connectivity index (χ2v) is 10.4. The Labute approximate surface area is 106 Å². The molecule has 1 rings (SSSR count). The van der Waals surface area contributed by atoms with Gasteiger partial charge in [-0.1, -0.05) is 25.6 Å². The lowest BCUT2D eigenvalue weighted by Crippen LogP contribution is -2.18. The van der Waals surface area contributed by atoms with Gasteiger partial charge < -0.3 is 5.32 Å². The van der Waals surface area contributed by atoms with Crippen LogP contribution >= 0.6 is 22.6 Å². The Morgan fingerprint density at radius 3 is 2.53 bits per heavy atom. The first-order chi connectivity index (χ1) is 6.90. The summed E-state index contributed by atoms with van der Waals surface area (Å²) >= 11 is 2.12. The number of carbonyl (C=O) groups excluding carboxylic acids is 1. The molecule has 0 aromatic carbocycles. The quantitative estimate of drug-likeness (QED) is 0.478. The summed E-state index contributed by atoms with van der Waals surface area (Å²) in [6.45, 7) is 7.34. The molecule has 15 heavy (non-hydrogen) atoms. The van der Waals surface area contributed by atoms with E-state index in [0.29, 0.717) is 13.0 Å². The van der Waals surface area contributed by atoms with Gasteiger partial charge in [-0.2, -0.15) is 0 Å². The molecule has 0 radical (unpaired) electrons. The topological polar surface area (TPSA) is 29.1 Å². The van der Waals surface area contributed by atoms with E-state index in [-0.39, 0.29) is 5.78 Å². The lowest BCUT2D eigenvalue weighted by Gasteiger charge is -2.05. The molecule has 0 bridgehead atoms. The van der Waals surface area contributed by atoms with Gasteiger partial charge in [0, 0.05) is 12.1 Å². The van der Waals surface area contributed by atoms with Crippen LogP contribution in [0.25, 0.3) is 0 Å². The van der Waals surface area contributed by atoms with Gasteiger partial charge in [-0.3, -0.25) is 4.79 Å². The summed E-state index contributed by atoms with van der Waals surface area (Å²) in [6, 6.07) is 0. The summed E-state index contributed by atoms with van der Waals surface area (Å²) in [4.78, 5) is 11.2. The highest BCUT2D eigenvalue weighted by molar-refractivity contribution is 14.1. The number of halogens is 1. The molecule has 4 heteroatoms. The predicted molar refractivity (Wildman–Crippen MR) is 74.4 cm³/mol. The molecular formula is C11H16INOSi. The van der Waals surface area contributed by atoms with Gasteiger partial charge in [0.2, 0.25) is 0 Å². The highest BCUT2D eigenvalue weighted by Gasteiger charge is 2.19. The third-order valence-corrected chi connectivity index (χ3v) is 4.14. The lowest BCUT2D eigenvalue weighted by molar-refractivity contribution is -0.114. The van der Waals surface area contributed by atoms with Crippen LogP contribution in [-0.4, -0.2) is 20.4 Å². The molecule has 0 aromatic heterocycles. The maximum Gasteiger partial charge on any atom is 0.171 e. The molecule has 0 atom stereocenters. The molecule has 82 valence electrons. The van der Waals surface area contributed by atoms with E-state index in [1.165, 1.54) is 0 Å². The number of nitrogens with one attached hydrogen (secondary N) is 1. The van der Waals surface area contributed by atoms with E-state index in [9.17, 15) is 4.79 Å². The molecule has 0 fully saturated rings. The molecule has 1 aliphatic carbocycles. The first-order valence-corrected chi connectivity index (χ1v) is 9.64. The highest BCUT2D eigenvalue weighted by atomic mass is 127. The molecule has 0 aromatic rings. The Morgan fingerprint density at radius 1 is 1.40 bits per heavy atom. The molecule has 2 nitrogen and oxygen atoms in total. The van der Waals surface area contributed by atoms with Crippen molar-refractivity contribution in [1.82, 2.24) is 5.32 Å². The molecule has 0 spiro atoms. The van der Waals surface area contributed by atoms with Crippen LogP contribution in [-0.2, 0) is 4.79 Å². The number of Topliss-reactive ketones (excluding diaryl/α,β-unsaturated/α-hetero) is 1. The van der Waals surface area contributed by atoms with Crippen LogP contribution in [0.5, 0.6) is 0 Å². The van der Waals surface area contributed by atoms with Crippen molar-refractivity contribution in [3.63, 3.8) is 0 Å². The van der Waals surface area contributed by atoms with Gasteiger partial charge in [-0.05, 0) is 29.0 Å². The van der Waals surface area contributed by atoms with Crippen molar-refractivity contribution in [2.75, 3.05) is 6.54 Å². The first kappa shape index (κ1) is 12.8. The van der Waals surface area contributed by atoms with Gasteiger partial charge in [-0.15, -0.1) is 5.54 Å². The second-order valence-electron chi connectivity index (χ2n) is 4.62. The van der Waals surface area contributed by atoms with Crippen LogP contribution in [0, 0.1) is 11.5 Å². The third kappa shape index (κ3) is 4.39. The zero-order valence-electron chi connectivity index (χ0n) is 9.41. The van der Waals surface area contributed by atoms with Crippen molar-refractivity contribution in [2.45, 2.75) is 32.5 Å². The second kappa shape index (κ2) is 5.17. The normalized spacial score (nSPS) is 16.4. The predicted octanol–water partition coefficient (Wildman–Crippen LogP) is 2.47. The van der Waals surface area contributed by atoms with Gasteiger partial charge in [0.1, 0.15) is 8.07 Å². The van der Waals surface area contributed by atoms with Crippen molar-refractivity contribution >= 4 is 36.4 Å². The molecule has 0 aliphatic heterocycles. The summed E-state index contributed by atoms with van der Waals surface area (Å²) in [5, 5.41) is 3.23. The summed E-state index contributed by atoms with van der Waals surface area (Å²) in [5.41, 5.74) is 4.36. The standard InChI is InChI=1S/C11H16INOSi/c1-15(2,3)8-4-7-13-9-5-6-10(14)11(9)12/h13H,5-7H2,1-3H3. The minimum atomic E-state index is -1.25. The largest absolute Gasteiger partial charge is 0.377 e. The average Bonchev–Trinajstić information content (AvgIpc) is 2.42. The maximum absolute atomic E-state index is 11.2. The molecule has 0 saturated carbocycles. The summed E-state index contributed by atoms with van der Waals surface area (Å²) < 4.78 is 0.863. The van der Waals surface area contributed by atoms with Gasteiger partial charge in [0.25, 0.3) is 0 Å². The summed E-state index contributed by atoms with van der Waals surface area (Å²) in [5.74, 6) is 3.40. The minimum Gasteiger partial charge on any atom is -0.377 e. The molecule has 0 heterocycles. The molecular weight excluding hydrogens is 317 g/mol. The van der Waals surface area contributed by atoms with Gasteiger partial charge in [-0.25, -0.2) is 0 Å². The van der Waals surface area contributed by atoms with E-state index in [0.717, 1.165) is 15.7 Å². The Balaban J connectivity index is 2.45. The SMILES string of the molecule is C[Si](C)(C)C#CCNC1=C(I)C(=O)CC1. The van der Waals surface area contributed by atoms with E-state index < -0.39 is 8.07 Å². The zero-order chi connectivity index (χ0) is 11.5. The fraction of sp³-hybridized carbons (Fsp3) is 0.545. The van der Waals surface area contributed by atoms with Crippen molar-refractivity contribution in [2.24, 2.45) is 0 Å². The van der Waals surface area contributed by atoms with Crippen molar-refractivity contribution in [3.8, 4) is 11.5 Å². The molecule has 0 amide bonds. The smallest absolute Gasteiger partial charge is 0.171 e. The average molecular weight is 333 g/mol. The van der Waals surface area contributed by atoms with Crippen molar-refractivity contribution in [1.29, 1.82) is 0 Å². The summed E-state index contributed by atoms with van der Waals surface area (Å²) in [7, 11) is -1.25. The molecule has 1 N–H and O–H groups in total. The van der Waals surface area contributed by atoms with Crippen LogP contribution in [0.15, 0.2) is 9.28 Å². The van der Waals surface area contributed by atoms with Crippen molar-refractivity contribution < 1.29 is 4.79 Å². The number of ketones is 1. The van der Waals surface area contributed by atoms with E-state index >= 15 is 0 Å². The van der Waals surface area contributed by atoms with Crippen LogP contribution in [0.4, 0.5) is 0 Å². The number of allylic oxidation sites excluding steroid dienone is 2. The Morgan fingerprint density at radius 2 is 2.07 bits per heavy atom. The Bertz CT molecular complexity index is 357. The van der Waals surface area contributed by atoms with Crippen LogP contribution in [0.3, 0.4) is 0 Å². The molecule has 0 saturated heterocycles. The Hall–Kier alpha value is -0.283. The number of hydrogen-bond donors (Lipinski definition) is 1. The molecule has 0 unspecified atom stereocenters. The van der Waals surface area contributed by atoms with E-state index in [1.54, 1.807) is 0 Å². The number of hydrogen-bond acceptors (Lipinski definition) is 2. The third-order valence-electron chi connectivity index (χ3n) is 1.97. The van der Waals surface area contributed by atoms with Crippen molar-refractivity contribution in [3.05, 3.63) is 9.28 Å². The van der Waals surface area contributed by atoms with Crippen LogP contribution < -0.4 is 5.32 Å². The fourth-order valence-electron chi connectivity index (χ4n) is 1.25. The van der Waals surface area contributed by atoms with Gasteiger partial charge in [0.15, 0.2) is 5.78 Å². The Kier molecular flexibility index (Phi) is 4.41. The highest BCUT2D eigenvalue weighted by Crippen LogP contribution is 2.25. The van der Waals surface area contributed by atoms with Gasteiger partial charge >= 0.3 is 0 Å². The van der Waals surface area contributed by atoms with Crippen LogP contribution in [0.2, 0.25) is 19.6 Å². The number of carbonyl (C=O) groups is 1. The summed E-state index contributed by atoms with van der Waals surface area (Å²) in [6.07, 6.45) is 1.51. The minimum absolute atomic E-state index is 0.260. The fourth-order valence-corrected chi connectivity index (χ4v) is 2.60. The lowest BCUT2D eigenvalue weighted by atomic mass is 10.3. The zero-order valence-corrected chi connectivity index (χ0v) is 12.6. The van der Waals surface area contributed by atoms with E-state index in [2.05, 4.69) is 59.0 Å². The number of rotatable bonds is 2. The monoisotopic (exact) mass is 333 g/mol. The first-order valence-electron chi connectivity index (χ1n) is 5.06. The molecule has 1 aliphatic rings. The van der Waals surface area contributed by atoms with E-state index in [4.69, 9.17) is 0 Å².